The molecule has 0 saturated carbocycles. The van der Waals surface area contributed by atoms with E-state index >= 15 is 0 Å². The molecule has 4 aromatic rings. The predicted octanol–water partition coefficient (Wildman–Crippen LogP) is 5.87. The van der Waals surface area contributed by atoms with Gasteiger partial charge in [-0.05, 0) is 45.6 Å². The number of hydrogen-bond donors (Lipinski definition) is 2. The van der Waals surface area contributed by atoms with E-state index < -0.39 is 0 Å². The van der Waals surface area contributed by atoms with Crippen molar-refractivity contribution in [1.82, 2.24) is 9.55 Å². The van der Waals surface area contributed by atoms with Crippen LogP contribution in [0.4, 0.5) is 0 Å². The largest absolute Gasteiger partial charge is 0.504 e. The molecular weight excluding hydrogens is 484 g/mol. The molecule has 0 amide bonds. The number of halogens is 1. The summed E-state index contributed by atoms with van der Waals surface area (Å²) in [5, 5.41) is 19.8. The molecule has 0 saturated heterocycles. The molecular formula is C26H27BrN2O4. The smallest absolute Gasteiger partial charge is 0.161 e. The SMILES string of the molecule is COc1cc(COc2ccccc2O)c(Br)c2nc(-c3ccc(C(C)C)cc3)n(CCO)c12. The number of ether oxygens (including phenoxy) is 2. The highest BCUT2D eigenvalue weighted by molar-refractivity contribution is 9.10. The predicted molar refractivity (Wildman–Crippen MR) is 133 cm³/mol. The summed E-state index contributed by atoms with van der Waals surface area (Å²) in [6.45, 7) is 4.90. The second kappa shape index (κ2) is 9.85. The summed E-state index contributed by atoms with van der Waals surface area (Å²) in [7, 11) is 1.61. The van der Waals surface area contributed by atoms with Gasteiger partial charge in [0.1, 0.15) is 29.2 Å². The number of hydrogen-bond acceptors (Lipinski definition) is 5. The lowest BCUT2D eigenvalue weighted by molar-refractivity contribution is 0.278. The number of phenolic OH excluding ortho intramolecular Hbond substituents is 1. The zero-order valence-corrected chi connectivity index (χ0v) is 20.5. The van der Waals surface area contributed by atoms with Crippen molar-refractivity contribution in [3.8, 4) is 28.6 Å². The van der Waals surface area contributed by atoms with Gasteiger partial charge < -0.3 is 24.3 Å². The fourth-order valence-corrected chi connectivity index (χ4v) is 4.35. The number of imidazole rings is 1. The van der Waals surface area contributed by atoms with Gasteiger partial charge in [-0.1, -0.05) is 50.2 Å². The quantitative estimate of drug-likeness (QED) is 0.309. The molecule has 0 fully saturated rings. The van der Waals surface area contributed by atoms with Crippen LogP contribution >= 0.6 is 15.9 Å². The minimum Gasteiger partial charge on any atom is -0.504 e. The Hall–Kier alpha value is -3.03. The molecule has 172 valence electrons. The Morgan fingerprint density at radius 2 is 1.79 bits per heavy atom. The van der Waals surface area contributed by atoms with Gasteiger partial charge in [0.15, 0.2) is 11.5 Å². The number of aliphatic hydroxyl groups excluding tert-OH is 1. The molecule has 0 radical (unpaired) electrons. The molecule has 1 heterocycles. The molecule has 0 unspecified atom stereocenters. The lowest BCUT2D eigenvalue weighted by Crippen LogP contribution is -2.06. The third-order valence-electron chi connectivity index (χ3n) is 5.62. The van der Waals surface area contributed by atoms with Crippen LogP contribution in [0, 0.1) is 0 Å². The first-order valence-corrected chi connectivity index (χ1v) is 11.6. The van der Waals surface area contributed by atoms with E-state index in [0.29, 0.717) is 24.0 Å². The number of aromatic hydroxyl groups is 1. The molecule has 0 atom stereocenters. The third-order valence-corrected chi connectivity index (χ3v) is 6.51. The van der Waals surface area contributed by atoms with E-state index in [9.17, 15) is 10.2 Å². The summed E-state index contributed by atoms with van der Waals surface area (Å²) < 4.78 is 14.3. The lowest BCUT2D eigenvalue weighted by Gasteiger charge is -2.14. The highest BCUT2D eigenvalue weighted by atomic mass is 79.9. The fourth-order valence-electron chi connectivity index (χ4n) is 3.85. The van der Waals surface area contributed by atoms with E-state index in [-0.39, 0.29) is 19.0 Å². The zero-order chi connectivity index (χ0) is 23.5. The summed E-state index contributed by atoms with van der Waals surface area (Å²) in [6.07, 6.45) is 0. The summed E-state index contributed by atoms with van der Waals surface area (Å²) in [6, 6.07) is 17.1. The van der Waals surface area contributed by atoms with Gasteiger partial charge in [0.2, 0.25) is 0 Å². The molecule has 0 spiro atoms. The second-order valence-electron chi connectivity index (χ2n) is 8.09. The number of para-hydroxylation sites is 2. The Bertz CT molecular complexity index is 1270. The summed E-state index contributed by atoms with van der Waals surface area (Å²) in [4.78, 5) is 4.94. The van der Waals surface area contributed by atoms with Crippen molar-refractivity contribution in [2.45, 2.75) is 32.9 Å². The van der Waals surface area contributed by atoms with Crippen molar-refractivity contribution in [2.75, 3.05) is 13.7 Å². The number of fused-ring (bicyclic) bond motifs is 1. The molecule has 3 aromatic carbocycles. The Labute approximate surface area is 201 Å². The highest BCUT2D eigenvalue weighted by Crippen LogP contribution is 2.39. The first-order chi connectivity index (χ1) is 15.9. The van der Waals surface area contributed by atoms with Gasteiger partial charge in [0, 0.05) is 17.7 Å². The molecule has 1 aromatic heterocycles. The minimum atomic E-state index is -0.0263. The molecule has 2 N–H and O–H groups in total. The summed E-state index contributed by atoms with van der Waals surface area (Å²) >= 11 is 3.70. The molecule has 0 aliphatic heterocycles. The molecule has 7 heteroatoms. The van der Waals surface area contributed by atoms with E-state index in [2.05, 4.69) is 54.0 Å². The van der Waals surface area contributed by atoms with Crippen molar-refractivity contribution in [1.29, 1.82) is 0 Å². The topological polar surface area (TPSA) is 76.7 Å². The Kier molecular flexibility index (Phi) is 6.91. The average molecular weight is 511 g/mol. The second-order valence-corrected chi connectivity index (χ2v) is 8.89. The van der Waals surface area contributed by atoms with Gasteiger partial charge in [-0.3, -0.25) is 0 Å². The molecule has 0 aliphatic rings. The normalized spacial score (nSPS) is 11.3. The number of aromatic nitrogens is 2. The average Bonchev–Trinajstić information content (AvgIpc) is 3.20. The van der Waals surface area contributed by atoms with E-state index in [4.69, 9.17) is 14.5 Å². The van der Waals surface area contributed by atoms with Gasteiger partial charge >= 0.3 is 0 Å². The lowest BCUT2D eigenvalue weighted by atomic mass is 10.0. The van der Waals surface area contributed by atoms with Crippen LogP contribution < -0.4 is 9.47 Å². The number of methoxy groups -OCH3 is 1. The van der Waals surface area contributed by atoms with Crippen molar-refractivity contribution < 1.29 is 19.7 Å². The number of benzene rings is 3. The van der Waals surface area contributed by atoms with Gasteiger partial charge in [0.25, 0.3) is 0 Å². The van der Waals surface area contributed by atoms with Crippen LogP contribution in [0.1, 0.15) is 30.9 Å². The van der Waals surface area contributed by atoms with Gasteiger partial charge in [-0.2, -0.15) is 0 Å². The van der Waals surface area contributed by atoms with Crippen LogP contribution in [0.25, 0.3) is 22.4 Å². The van der Waals surface area contributed by atoms with Crippen LogP contribution in [0.15, 0.2) is 59.1 Å². The summed E-state index contributed by atoms with van der Waals surface area (Å²) in [5.41, 5.74) is 4.57. The van der Waals surface area contributed by atoms with Crippen LogP contribution in [0.2, 0.25) is 0 Å². The number of aliphatic hydroxyl groups is 1. The maximum absolute atomic E-state index is 10.0. The van der Waals surface area contributed by atoms with Crippen LogP contribution in [0.3, 0.4) is 0 Å². The van der Waals surface area contributed by atoms with Gasteiger partial charge in [-0.25, -0.2) is 4.98 Å². The molecule has 0 bridgehead atoms. The number of rotatable bonds is 8. The fraction of sp³-hybridized carbons (Fsp3) is 0.269. The van der Waals surface area contributed by atoms with E-state index in [1.807, 2.05) is 10.6 Å². The van der Waals surface area contributed by atoms with Gasteiger partial charge in [0.05, 0.1) is 18.2 Å². The van der Waals surface area contributed by atoms with E-state index in [1.165, 1.54) is 5.56 Å². The molecule has 33 heavy (non-hydrogen) atoms. The van der Waals surface area contributed by atoms with Gasteiger partial charge in [-0.15, -0.1) is 0 Å². The van der Waals surface area contributed by atoms with E-state index in [1.54, 1.807) is 31.4 Å². The van der Waals surface area contributed by atoms with Crippen molar-refractivity contribution >= 4 is 27.0 Å². The number of nitrogens with zero attached hydrogens (tertiary/aromatic N) is 2. The first-order valence-electron chi connectivity index (χ1n) is 10.8. The molecule has 4 rings (SSSR count). The van der Waals surface area contributed by atoms with Crippen LogP contribution in [-0.2, 0) is 13.2 Å². The maximum atomic E-state index is 10.0. The van der Waals surface area contributed by atoms with Crippen molar-refractivity contribution in [3.05, 3.63) is 70.2 Å². The Morgan fingerprint density at radius 3 is 2.42 bits per heavy atom. The molecule has 6 nitrogen and oxygen atoms in total. The Morgan fingerprint density at radius 1 is 1.06 bits per heavy atom. The van der Waals surface area contributed by atoms with Crippen molar-refractivity contribution in [3.63, 3.8) is 0 Å². The highest BCUT2D eigenvalue weighted by Gasteiger charge is 2.21. The minimum absolute atomic E-state index is 0.0263. The van der Waals surface area contributed by atoms with Crippen LogP contribution in [-0.4, -0.2) is 33.5 Å². The Balaban J connectivity index is 1.81. The number of phenols is 1. The maximum Gasteiger partial charge on any atom is 0.161 e. The third kappa shape index (κ3) is 4.56. The first kappa shape index (κ1) is 23.1. The van der Waals surface area contributed by atoms with Crippen molar-refractivity contribution in [2.24, 2.45) is 0 Å². The summed E-state index contributed by atoms with van der Waals surface area (Å²) in [5.74, 6) is 2.32. The monoisotopic (exact) mass is 510 g/mol. The van der Waals surface area contributed by atoms with E-state index in [0.717, 1.165) is 32.5 Å². The molecule has 0 aliphatic carbocycles. The zero-order valence-electron chi connectivity index (χ0n) is 18.9. The standard InChI is InChI=1S/C26H27BrN2O4/c1-16(2)17-8-10-18(11-9-17)26-28-24-23(27)19(15-33-21-7-5-4-6-20(21)31)14-22(32-3)25(24)29(26)12-13-30/h4-11,14,16,30-31H,12-13,15H2,1-3H3. The van der Waals surface area contributed by atoms with Crippen LogP contribution in [0.5, 0.6) is 17.2 Å².